The normalized spacial score (nSPS) is 27.1. The Labute approximate surface area is 177 Å². The zero-order chi connectivity index (χ0) is 21.3. The van der Waals surface area contributed by atoms with E-state index in [2.05, 4.69) is 11.8 Å². The third-order valence-corrected chi connectivity index (χ3v) is 6.79. The first-order chi connectivity index (χ1) is 14.5. The van der Waals surface area contributed by atoms with Gasteiger partial charge in [0.25, 0.3) is 11.8 Å². The number of nitrogens with zero attached hydrogens (tertiary/aromatic N) is 2. The van der Waals surface area contributed by atoms with Crippen LogP contribution >= 0.6 is 0 Å². The number of ether oxygens (including phenoxy) is 1. The first kappa shape index (κ1) is 20.8. The second kappa shape index (κ2) is 8.72. The van der Waals surface area contributed by atoms with Crippen LogP contribution in [-0.4, -0.2) is 48.4 Å². The molecular weight excluding hydrogens is 380 g/mol. The van der Waals surface area contributed by atoms with Crippen molar-refractivity contribution in [1.82, 2.24) is 4.90 Å². The Hall–Kier alpha value is -2.47. The number of piperidine rings is 1. The molecule has 2 fully saturated rings. The first-order valence-electron chi connectivity index (χ1n) is 11.1. The molecule has 2 amide bonds. The SMILES string of the molecule is CCN1C[C@@H](COC(=O)c2ccccc2N2C(=O)C=C(C)C2=O)C[C@H]2CCCC[C@H]21. The lowest BCUT2D eigenvalue weighted by molar-refractivity contribution is -0.120. The second-order valence-corrected chi connectivity index (χ2v) is 8.72. The van der Waals surface area contributed by atoms with Crippen LogP contribution in [0.3, 0.4) is 0 Å². The highest BCUT2D eigenvalue weighted by atomic mass is 16.5. The van der Waals surface area contributed by atoms with Crippen LogP contribution in [0.2, 0.25) is 0 Å². The first-order valence-corrected chi connectivity index (χ1v) is 11.1. The molecule has 6 nitrogen and oxygen atoms in total. The van der Waals surface area contributed by atoms with Gasteiger partial charge in [0.2, 0.25) is 0 Å². The molecule has 30 heavy (non-hydrogen) atoms. The maximum absolute atomic E-state index is 12.9. The highest BCUT2D eigenvalue weighted by Crippen LogP contribution is 2.37. The van der Waals surface area contributed by atoms with Gasteiger partial charge in [-0.25, -0.2) is 9.69 Å². The quantitative estimate of drug-likeness (QED) is 0.548. The molecule has 0 bridgehead atoms. The number of para-hydroxylation sites is 1. The van der Waals surface area contributed by atoms with Gasteiger partial charge in [0, 0.05) is 30.2 Å². The Balaban J connectivity index is 1.44. The van der Waals surface area contributed by atoms with E-state index in [1.54, 1.807) is 31.2 Å². The van der Waals surface area contributed by atoms with Gasteiger partial charge >= 0.3 is 5.97 Å². The molecule has 1 saturated heterocycles. The van der Waals surface area contributed by atoms with E-state index >= 15 is 0 Å². The summed E-state index contributed by atoms with van der Waals surface area (Å²) in [6.45, 7) is 6.16. The molecule has 6 heteroatoms. The van der Waals surface area contributed by atoms with Gasteiger partial charge in [0.15, 0.2) is 0 Å². The topological polar surface area (TPSA) is 66.9 Å². The summed E-state index contributed by atoms with van der Waals surface area (Å²) < 4.78 is 5.71. The maximum Gasteiger partial charge on any atom is 0.340 e. The van der Waals surface area contributed by atoms with Crippen molar-refractivity contribution in [1.29, 1.82) is 0 Å². The Morgan fingerprint density at radius 1 is 1.17 bits per heavy atom. The molecule has 0 unspecified atom stereocenters. The second-order valence-electron chi connectivity index (χ2n) is 8.72. The maximum atomic E-state index is 12.9. The number of fused-ring (bicyclic) bond motifs is 1. The molecule has 1 aliphatic carbocycles. The molecule has 3 atom stereocenters. The summed E-state index contributed by atoms with van der Waals surface area (Å²) in [5.41, 5.74) is 0.907. The minimum atomic E-state index is -0.482. The van der Waals surface area contributed by atoms with E-state index in [9.17, 15) is 14.4 Å². The molecule has 3 aliphatic rings. The van der Waals surface area contributed by atoms with Gasteiger partial charge in [-0.05, 0) is 50.8 Å². The number of hydrogen-bond acceptors (Lipinski definition) is 5. The highest BCUT2D eigenvalue weighted by molar-refractivity contribution is 6.31. The number of anilines is 1. The van der Waals surface area contributed by atoms with Crippen molar-refractivity contribution in [3.8, 4) is 0 Å². The Morgan fingerprint density at radius 3 is 2.67 bits per heavy atom. The number of likely N-dealkylation sites (tertiary alicyclic amines) is 1. The molecule has 2 heterocycles. The van der Waals surface area contributed by atoms with E-state index in [4.69, 9.17) is 4.74 Å². The van der Waals surface area contributed by atoms with Crippen molar-refractivity contribution in [2.45, 2.75) is 52.0 Å². The zero-order valence-electron chi connectivity index (χ0n) is 17.8. The molecule has 1 aromatic carbocycles. The molecule has 2 aliphatic heterocycles. The van der Waals surface area contributed by atoms with E-state index in [1.165, 1.54) is 31.8 Å². The highest BCUT2D eigenvalue weighted by Gasteiger charge is 2.37. The van der Waals surface area contributed by atoms with Gasteiger partial charge in [0.1, 0.15) is 0 Å². The third kappa shape index (κ3) is 3.93. The van der Waals surface area contributed by atoms with Crippen LogP contribution in [0, 0.1) is 11.8 Å². The largest absolute Gasteiger partial charge is 0.462 e. The molecule has 4 rings (SSSR count). The van der Waals surface area contributed by atoms with Crippen molar-refractivity contribution in [2.24, 2.45) is 11.8 Å². The Kier molecular flexibility index (Phi) is 6.04. The summed E-state index contributed by atoms with van der Waals surface area (Å²) in [6, 6.07) is 7.34. The number of carbonyl (C=O) groups excluding carboxylic acids is 3. The fraction of sp³-hybridized carbons (Fsp3) is 0.542. The molecule has 1 aromatic rings. The lowest BCUT2D eigenvalue weighted by atomic mass is 9.75. The van der Waals surface area contributed by atoms with Gasteiger partial charge in [-0.2, -0.15) is 0 Å². The van der Waals surface area contributed by atoms with Gasteiger partial charge in [-0.1, -0.05) is 31.9 Å². The van der Waals surface area contributed by atoms with Crippen LogP contribution in [0.25, 0.3) is 0 Å². The fourth-order valence-electron chi connectivity index (χ4n) is 5.33. The summed E-state index contributed by atoms with van der Waals surface area (Å²) in [5.74, 6) is -0.289. The minimum absolute atomic E-state index is 0.251. The van der Waals surface area contributed by atoms with Crippen molar-refractivity contribution in [3.63, 3.8) is 0 Å². The molecule has 160 valence electrons. The summed E-state index contributed by atoms with van der Waals surface area (Å²) in [7, 11) is 0. The molecular formula is C24H30N2O4. The average Bonchev–Trinajstić information content (AvgIpc) is 3.02. The van der Waals surface area contributed by atoms with Gasteiger partial charge < -0.3 is 4.74 Å². The molecule has 0 spiro atoms. The van der Waals surface area contributed by atoms with Crippen LogP contribution in [0.4, 0.5) is 5.69 Å². The van der Waals surface area contributed by atoms with Crippen molar-refractivity contribution in [2.75, 3.05) is 24.6 Å². The van der Waals surface area contributed by atoms with E-state index in [1.807, 2.05) is 0 Å². The van der Waals surface area contributed by atoms with Crippen LogP contribution in [0.1, 0.15) is 56.3 Å². The van der Waals surface area contributed by atoms with Crippen molar-refractivity contribution >= 4 is 23.5 Å². The number of amides is 2. The standard InChI is InChI=1S/C24H30N2O4/c1-3-25-14-17(13-18-8-4-6-10-20(18)25)15-30-24(29)19-9-5-7-11-21(19)26-22(27)12-16(2)23(26)28/h5,7,9,11-12,17-18,20H,3-4,6,8,10,13-15H2,1-2H3/t17-,18+,20+/m0/s1. The van der Waals surface area contributed by atoms with E-state index < -0.39 is 17.8 Å². The monoisotopic (exact) mass is 410 g/mol. The predicted octanol–water partition coefficient (Wildman–Crippen LogP) is 3.56. The third-order valence-electron chi connectivity index (χ3n) is 6.79. The predicted molar refractivity (Wildman–Crippen MR) is 114 cm³/mol. The van der Waals surface area contributed by atoms with E-state index in [0.717, 1.165) is 24.4 Å². The Bertz CT molecular complexity index is 870. The molecule has 0 radical (unpaired) electrons. The molecule has 1 saturated carbocycles. The summed E-state index contributed by atoms with van der Waals surface area (Å²) >= 11 is 0. The summed E-state index contributed by atoms with van der Waals surface area (Å²) in [6.07, 6.45) is 7.55. The summed E-state index contributed by atoms with van der Waals surface area (Å²) in [5, 5.41) is 0. The average molecular weight is 411 g/mol. The smallest absolute Gasteiger partial charge is 0.340 e. The number of esters is 1. The number of hydrogen-bond donors (Lipinski definition) is 0. The zero-order valence-corrected chi connectivity index (χ0v) is 17.8. The van der Waals surface area contributed by atoms with E-state index in [0.29, 0.717) is 30.1 Å². The van der Waals surface area contributed by atoms with Crippen molar-refractivity contribution in [3.05, 3.63) is 41.5 Å². The van der Waals surface area contributed by atoms with E-state index in [-0.39, 0.29) is 11.3 Å². The minimum Gasteiger partial charge on any atom is -0.462 e. The van der Waals surface area contributed by atoms with Gasteiger partial charge in [0.05, 0.1) is 17.9 Å². The number of carbonyl (C=O) groups is 3. The van der Waals surface area contributed by atoms with Gasteiger partial charge in [-0.15, -0.1) is 0 Å². The number of benzene rings is 1. The number of rotatable bonds is 5. The van der Waals surface area contributed by atoms with Crippen LogP contribution in [-0.2, 0) is 14.3 Å². The Morgan fingerprint density at radius 2 is 1.93 bits per heavy atom. The van der Waals surface area contributed by atoms with Crippen LogP contribution in [0.15, 0.2) is 35.9 Å². The molecule has 0 aromatic heterocycles. The molecule has 0 N–H and O–H groups in total. The van der Waals surface area contributed by atoms with Gasteiger partial charge in [-0.3, -0.25) is 14.5 Å². The lowest BCUT2D eigenvalue weighted by Gasteiger charge is -2.46. The van der Waals surface area contributed by atoms with Crippen molar-refractivity contribution < 1.29 is 19.1 Å². The van der Waals surface area contributed by atoms with Crippen LogP contribution < -0.4 is 4.90 Å². The fourth-order valence-corrected chi connectivity index (χ4v) is 5.33. The van der Waals surface area contributed by atoms with Crippen LogP contribution in [0.5, 0.6) is 0 Å². The number of imide groups is 1. The summed E-state index contributed by atoms with van der Waals surface area (Å²) in [4.78, 5) is 41.1. The lowest BCUT2D eigenvalue weighted by Crippen LogP contribution is -2.50.